The highest BCUT2D eigenvalue weighted by Crippen LogP contribution is 2.33. The minimum absolute atomic E-state index is 0.0452. The number of benzene rings is 1. The van der Waals surface area contributed by atoms with Gasteiger partial charge in [-0.15, -0.1) is 0 Å². The van der Waals surface area contributed by atoms with Crippen LogP contribution in [0, 0.1) is 17.6 Å². The van der Waals surface area contributed by atoms with Gasteiger partial charge in [0.15, 0.2) is 5.65 Å². The third-order valence-electron chi connectivity index (χ3n) is 6.09. The molecule has 0 aliphatic carbocycles. The van der Waals surface area contributed by atoms with Gasteiger partial charge in [0.05, 0.1) is 29.8 Å². The van der Waals surface area contributed by atoms with E-state index in [1.165, 1.54) is 12.1 Å². The van der Waals surface area contributed by atoms with Crippen molar-refractivity contribution in [1.82, 2.24) is 24.3 Å². The lowest BCUT2D eigenvalue weighted by molar-refractivity contribution is -0.132. The molecule has 154 valence electrons. The van der Waals surface area contributed by atoms with Gasteiger partial charge in [0.2, 0.25) is 5.91 Å². The number of aromatic amines is 1. The monoisotopic (exact) mass is 409 g/mol. The molecule has 1 saturated heterocycles. The summed E-state index contributed by atoms with van der Waals surface area (Å²) in [5, 5.41) is 0. The van der Waals surface area contributed by atoms with E-state index in [2.05, 4.69) is 26.3 Å². The number of hydrogen-bond donors (Lipinski definition) is 1. The third kappa shape index (κ3) is 3.12. The molecular weight excluding hydrogens is 388 g/mol. The number of nitrogens with zero attached hydrogens (tertiary/aromatic N) is 4. The third-order valence-corrected chi connectivity index (χ3v) is 6.09. The maximum Gasteiger partial charge on any atom is 0.227 e. The lowest BCUT2D eigenvalue weighted by atomic mass is 9.86. The first-order valence-electron chi connectivity index (χ1n) is 10.0. The molecule has 1 aliphatic heterocycles. The highest BCUT2D eigenvalue weighted by atomic mass is 19.1. The number of rotatable bonds is 3. The average Bonchev–Trinajstić information content (AvgIpc) is 3.36. The van der Waals surface area contributed by atoms with E-state index in [1.807, 2.05) is 12.3 Å². The molecule has 6 nitrogen and oxygen atoms in total. The first-order valence-corrected chi connectivity index (χ1v) is 10.0. The topological polar surface area (TPSA) is 66.3 Å². The summed E-state index contributed by atoms with van der Waals surface area (Å²) < 4.78 is 29.2. The number of carbonyl (C=O) groups excluding carboxylic acids is 1. The number of amides is 1. The molecule has 0 saturated carbocycles. The van der Waals surface area contributed by atoms with Crippen molar-refractivity contribution in [1.29, 1.82) is 0 Å². The largest absolute Gasteiger partial charge is 0.345 e. The van der Waals surface area contributed by atoms with Gasteiger partial charge in [-0.1, -0.05) is 13.0 Å². The molecule has 1 fully saturated rings. The molecule has 2 atom stereocenters. The van der Waals surface area contributed by atoms with Crippen LogP contribution in [0.15, 0.2) is 42.9 Å². The number of aromatic nitrogens is 4. The molecule has 5 rings (SSSR count). The molecule has 30 heavy (non-hydrogen) atoms. The van der Waals surface area contributed by atoms with Gasteiger partial charge in [0.25, 0.3) is 0 Å². The Morgan fingerprint density at radius 1 is 1.23 bits per heavy atom. The maximum absolute atomic E-state index is 14.0. The lowest BCUT2D eigenvalue weighted by Gasteiger charge is -2.36. The summed E-state index contributed by atoms with van der Waals surface area (Å²) in [6, 6.07) is 5.30. The molecule has 0 bridgehead atoms. The molecule has 8 heteroatoms. The van der Waals surface area contributed by atoms with E-state index < -0.39 is 11.6 Å². The highest BCUT2D eigenvalue weighted by Gasteiger charge is 2.33. The second kappa shape index (κ2) is 7.19. The number of fused-ring (bicyclic) bond motifs is 3. The normalized spacial score (nSPS) is 19.6. The molecule has 4 aromatic rings. The predicted molar refractivity (Wildman–Crippen MR) is 108 cm³/mol. The Kier molecular flexibility index (Phi) is 4.49. The van der Waals surface area contributed by atoms with Crippen molar-refractivity contribution in [3.63, 3.8) is 0 Å². The molecule has 3 aromatic heterocycles. The summed E-state index contributed by atoms with van der Waals surface area (Å²) in [7, 11) is 0. The zero-order valence-corrected chi connectivity index (χ0v) is 16.5. The van der Waals surface area contributed by atoms with Gasteiger partial charge in [-0.05, 0) is 30.0 Å². The van der Waals surface area contributed by atoms with Gasteiger partial charge in [-0.3, -0.25) is 9.20 Å². The van der Waals surface area contributed by atoms with Crippen LogP contribution in [0.4, 0.5) is 8.78 Å². The van der Waals surface area contributed by atoms with Gasteiger partial charge in [0.1, 0.15) is 17.5 Å². The number of nitrogens with one attached hydrogen (secondary N) is 1. The van der Waals surface area contributed by atoms with Crippen molar-refractivity contribution < 1.29 is 13.6 Å². The fraction of sp³-hybridized carbons (Fsp3) is 0.318. The number of likely N-dealkylation sites (tertiary alicyclic amines) is 1. The van der Waals surface area contributed by atoms with Crippen LogP contribution in [-0.2, 0) is 11.2 Å². The zero-order chi connectivity index (χ0) is 20.8. The van der Waals surface area contributed by atoms with Crippen molar-refractivity contribution in [3.8, 4) is 0 Å². The molecule has 0 spiro atoms. The first kappa shape index (κ1) is 18.7. The van der Waals surface area contributed by atoms with E-state index in [1.54, 1.807) is 17.3 Å². The number of H-pyrrole nitrogens is 1. The standard InChI is InChI=1S/C22H21F2N5O/c1-13-5-7-28(20(30)8-14-2-3-15(23)9-18(14)24)12-17(13)22-27-11-16-10-26-21-19(29(16)22)4-6-25-21/h2-4,6,9-11,13,17,25H,5,7-8,12H2,1H3/t13-,17+/m0/s1. The summed E-state index contributed by atoms with van der Waals surface area (Å²) in [6.07, 6.45) is 6.18. The fourth-order valence-electron chi connectivity index (χ4n) is 4.33. The van der Waals surface area contributed by atoms with Crippen LogP contribution < -0.4 is 0 Å². The van der Waals surface area contributed by atoms with Crippen molar-refractivity contribution in [3.05, 3.63) is 65.9 Å². The van der Waals surface area contributed by atoms with E-state index in [4.69, 9.17) is 0 Å². The summed E-state index contributed by atoms with van der Waals surface area (Å²) in [5.41, 5.74) is 2.85. The number of piperidine rings is 1. The van der Waals surface area contributed by atoms with Crippen molar-refractivity contribution in [2.45, 2.75) is 25.7 Å². The van der Waals surface area contributed by atoms with Crippen molar-refractivity contribution >= 4 is 22.6 Å². The average molecular weight is 409 g/mol. The quantitative estimate of drug-likeness (QED) is 0.561. The van der Waals surface area contributed by atoms with Crippen LogP contribution in [-0.4, -0.2) is 43.2 Å². The van der Waals surface area contributed by atoms with E-state index >= 15 is 0 Å². The molecule has 1 N–H and O–H groups in total. The number of imidazole rings is 1. The minimum atomic E-state index is -0.688. The van der Waals surface area contributed by atoms with Crippen LogP contribution in [0.3, 0.4) is 0 Å². The van der Waals surface area contributed by atoms with Gasteiger partial charge in [-0.2, -0.15) is 0 Å². The molecule has 0 unspecified atom stereocenters. The summed E-state index contributed by atoms with van der Waals surface area (Å²) >= 11 is 0. The van der Waals surface area contributed by atoms with E-state index in [-0.39, 0.29) is 23.8 Å². The summed E-state index contributed by atoms with van der Waals surface area (Å²) in [6.45, 7) is 3.29. The Labute approximate surface area is 171 Å². The molecule has 1 aliphatic rings. The van der Waals surface area contributed by atoms with Gasteiger partial charge >= 0.3 is 0 Å². The molecule has 1 aromatic carbocycles. The fourth-order valence-corrected chi connectivity index (χ4v) is 4.33. The maximum atomic E-state index is 14.0. The van der Waals surface area contributed by atoms with Crippen LogP contribution in [0.1, 0.15) is 30.7 Å². The smallest absolute Gasteiger partial charge is 0.227 e. The van der Waals surface area contributed by atoms with E-state index in [0.717, 1.165) is 35.0 Å². The van der Waals surface area contributed by atoms with Crippen molar-refractivity contribution in [2.75, 3.05) is 13.1 Å². The number of carbonyl (C=O) groups is 1. The van der Waals surface area contributed by atoms with E-state index in [0.29, 0.717) is 19.0 Å². The molecule has 4 heterocycles. The van der Waals surface area contributed by atoms with Gasteiger partial charge in [-0.25, -0.2) is 18.7 Å². The summed E-state index contributed by atoms with van der Waals surface area (Å²) in [4.78, 5) is 26.9. The Hall–Kier alpha value is -3.29. The summed E-state index contributed by atoms with van der Waals surface area (Å²) in [5.74, 6) is -0.214. The SMILES string of the molecule is C[C@H]1CCN(C(=O)Cc2ccc(F)cc2F)C[C@H]1c1ncc2cnc3[nH]ccc3n12. The lowest BCUT2D eigenvalue weighted by Crippen LogP contribution is -2.43. The number of halogens is 2. The Balaban J connectivity index is 1.43. The van der Waals surface area contributed by atoms with Crippen LogP contribution in [0.2, 0.25) is 0 Å². The van der Waals surface area contributed by atoms with Crippen molar-refractivity contribution in [2.24, 2.45) is 5.92 Å². The van der Waals surface area contributed by atoms with E-state index in [9.17, 15) is 13.6 Å². The molecular formula is C22H21F2N5O. The van der Waals surface area contributed by atoms with Gasteiger partial charge < -0.3 is 9.88 Å². The molecule has 0 radical (unpaired) electrons. The zero-order valence-electron chi connectivity index (χ0n) is 16.5. The highest BCUT2D eigenvalue weighted by molar-refractivity contribution is 5.79. The van der Waals surface area contributed by atoms with Gasteiger partial charge in [0, 0.05) is 31.3 Å². The first-order chi connectivity index (χ1) is 14.5. The second-order valence-corrected chi connectivity index (χ2v) is 7.97. The minimum Gasteiger partial charge on any atom is -0.345 e. The Morgan fingerprint density at radius 2 is 2.07 bits per heavy atom. The predicted octanol–water partition coefficient (Wildman–Crippen LogP) is 3.68. The van der Waals surface area contributed by atoms with Crippen LogP contribution in [0.25, 0.3) is 16.7 Å². The Bertz CT molecular complexity index is 1250. The van der Waals surface area contributed by atoms with Crippen LogP contribution in [0.5, 0.6) is 0 Å². The Morgan fingerprint density at radius 3 is 2.90 bits per heavy atom. The second-order valence-electron chi connectivity index (χ2n) is 7.97. The van der Waals surface area contributed by atoms with Crippen LogP contribution >= 0.6 is 0 Å². The molecule has 1 amide bonds. The number of hydrogen-bond acceptors (Lipinski definition) is 3.